The van der Waals surface area contributed by atoms with E-state index < -0.39 is 0 Å². The van der Waals surface area contributed by atoms with Gasteiger partial charge in [-0.2, -0.15) is 4.58 Å². The van der Waals surface area contributed by atoms with Crippen LogP contribution < -0.4 is 9.64 Å². The van der Waals surface area contributed by atoms with Gasteiger partial charge < -0.3 is 9.64 Å². The summed E-state index contributed by atoms with van der Waals surface area (Å²) in [4.78, 5) is 13.3. The van der Waals surface area contributed by atoms with Crippen LogP contribution in [0.25, 0.3) is 0 Å². The van der Waals surface area contributed by atoms with Crippen molar-refractivity contribution in [1.29, 1.82) is 0 Å². The van der Waals surface area contributed by atoms with Crippen molar-refractivity contribution in [2.75, 3.05) is 18.0 Å². The van der Waals surface area contributed by atoms with Gasteiger partial charge in [-0.3, -0.25) is 10.1 Å². The van der Waals surface area contributed by atoms with E-state index in [4.69, 9.17) is 4.74 Å². The van der Waals surface area contributed by atoms with Gasteiger partial charge >= 0.3 is 0 Å². The van der Waals surface area contributed by atoms with Gasteiger partial charge in [0.05, 0.1) is 10.3 Å². The number of hydrogen-bond acceptors (Lipinski definition) is 4. The van der Waals surface area contributed by atoms with Gasteiger partial charge in [-0.05, 0) is 94.0 Å². The molecule has 3 aliphatic rings. The molecule has 0 atom stereocenters. The van der Waals surface area contributed by atoms with E-state index in [0.29, 0.717) is 5.75 Å². The maximum Gasteiger partial charge on any atom is 0.269 e. The first kappa shape index (κ1) is 31.3. The minimum Gasteiger partial charge on any atom is -0.457 e. The zero-order chi connectivity index (χ0) is 32.6. The molecule has 0 aromatic heterocycles. The largest absolute Gasteiger partial charge is 0.457 e. The van der Waals surface area contributed by atoms with Crippen molar-refractivity contribution in [3.63, 3.8) is 0 Å². The van der Waals surface area contributed by atoms with E-state index in [1.54, 1.807) is 12.1 Å². The Kier molecular flexibility index (Phi) is 8.32. The predicted molar refractivity (Wildman–Crippen MR) is 187 cm³/mol. The lowest BCUT2D eigenvalue weighted by Crippen LogP contribution is -2.27. The molecule has 1 aliphatic carbocycles. The van der Waals surface area contributed by atoms with Crippen LogP contribution in [0, 0.1) is 10.1 Å². The third-order valence-electron chi connectivity index (χ3n) is 9.86. The molecule has 0 saturated carbocycles. The first-order valence-corrected chi connectivity index (χ1v) is 16.4. The fourth-order valence-corrected chi connectivity index (χ4v) is 7.43. The van der Waals surface area contributed by atoms with Crippen LogP contribution in [0.3, 0.4) is 0 Å². The first-order chi connectivity index (χ1) is 22.1. The molecule has 6 nitrogen and oxygen atoms in total. The van der Waals surface area contributed by atoms with Crippen LogP contribution in [-0.2, 0) is 10.8 Å². The van der Waals surface area contributed by atoms with Crippen molar-refractivity contribution >= 4 is 22.8 Å². The van der Waals surface area contributed by atoms with Gasteiger partial charge in [-0.25, -0.2) is 0 Å². The highest BCUT2D eigenvalue weighted by Crippen LogP contribution is 2.48. The molecule has 236 valence electrons. The van der Waals surface area contributed by atoms with Crippen molar-refractivity contribution in [3.05, 3.63) is 141 Å². The third-order valence-corrected chi connectivity index (χ3v) is 9.86. The second kappa shape index (κ2) is 12.2. The lowest BCUT2D eigenvalue weighted by molar-refractivity contribution is -0.433. The summed E-state index contributed by atoms with van der Waals surface area (Å²) in [6.07, 6.45) is 11.8. The standard InChI is InChI=1S/C40H44N3O3/c1-7-41-34-18-11-9-16-32(34)39(3,4)36(41)26-20-28-14-13-15-29(38(28)46-31-24-22-30(23-25-31)43(44)45)21-27-37-40(5,6)33-17-10-12-19-35(33)42(37)8-2/h9-12,16-27H,7-8,13-15H2,1-6H3/q+1. The molecule has 2 heterocycles. The lowest BCUT2D eigenvalue weighted by Gasteiger charge is -2.26. The number of nitro groups is 1. The molecule has 0 N–H and O–H groups in total. The number of nitro benzene ring substituents is 1. The number of anilines is 1. The Labute approximate surface area is 272 Å². The highest BCUT2D eigenvalue weighted by Gasteiger charge is 2.43. The van der Waals surface area contributed by atoms with Gasteiger partial charge in [0.15, 0.2) is 5.71 Å². The normalized spacial score (nSPS) is 20.2. The molecule has 0 bridgehead atoms. The summed E-state index contributed by atoms with van der Waals surface area (Å²) in [5.41, 5.74) is 9.78. The van der Waals surface area contributed by atoms with Gasteiger partial charge in [-0.15, -0.1) is 0 Å². The van der Waals surface area contributed by atoms with Gasteiger partial charge in [-0.1, -0.05) is 56.3 Å². The Morgan fingerprint density at radius 3 is 2.26 bits per heavy atom. The zero-order valence-corrected chi connectivity index (χ0v) is 27.8. The summed E-state index contributed by atoms with van der Waals surface area (Å²) in [5.74, 6) is 1.42. The molecule has 0 radical (unpaired) electrons. The maximum atomic E-state index is 11.3. The van der Waals surface area contributed by atoms with Crippen LogP contribution in [0.2, 0.25) is 0 Å². The number of para-hydroxylation sites is 2. The van der Waals surface area contributed by atoms with Gasteiger partial charge in [0.1, 0.15) is 18.1 Å². The number of benzene rings is 3. The Hall–Kier alpha value is -4.71. The Morgan fingerprint density at radius 2 is 1.57 bits per heavy atom. The number of ether oxygens (including phenoxy) is 1. The Balaban J connectivity index is 1.44. The summed E-state index contributed by atoms with van der Waals surface area (Å²) in [6, 6.07) is 23.7. The topological polar surface area (TPSA) is 58.6 Å². The van der Waals surface area contributed by atoms with E-state index in [2.05, 4.69) is 124 Å². The molecule has 3 aromatic carbocycles. The average Bonchev–Trinajstić information content (AvgIpc) is 3.41. The third kappa shape index (κ3) is 5.40. The van der Waals surface area contributed by atoms with E-state index in [0.717, 1.165) is 49.3 Å². The van der Waals surface area contributed by atoms with Crippen LogP contribution in [0.5, 0.6) is 5.75 Å². The van der Waals surface area contributed by atoms with Crippen LogP contribution in [0.4, 0.5) is 17.1 Å². The highest BCUT2D eigenvalue weighted by atomic mass is 16.6. The van der Waals surface area contributed by atoms with E-state index in [9.17, 15) is 10.1 Å². The summed E-state index contributed by atoms with van der Waals surface area (Å²) in [6.45, 7) is 15.3. The Morgan fingerprint density at radius 1 is 0.870 bits per heavy atom. The fourth-order valence-electron chi connectivity index (χ4n) is 7.43. The zero-order valence-electron chi connectivity index (χ0n) is 27.8. The molecule has 0 amide bonds. The fraction of sp³-hybridized carbons (Fsp3) is 0.325. The van der Waals surface area contributed by atoms with Gasteiger partial charge in [0, 0.05) is 53.2 Å². The number of hydrogen-bond donors (Lipinski definition) is 0. The molecule has 46 heavy (non-hydrogen) atoms. The summed E-state index contributed by atoms with van der Waals surface area (Å²) in [5, 5.41) is 11.3. The molecule has 3 aromatic rings. The number of rotatable bonds is 8. The number of non-ortho nitro benzene ring substituents is 1. The summed E-state index contributed by atoms with van der Waals surface area (Å²) < 4.78 is 9.06. The van der Waals surface area contributed by atoms with Gasteiger partial charge in [0.25, 0.3) is 5.69 Å². The van der Waals surface area contributed by atoms with Gasteiger partial charge in [0.2, 0.25) is 5.69 Å². The monoisotopic (exact) mass is 614 g/mol. The van der Waals surface area contributed by atoms with E-state index in [1.807, 2.05) is 0 Å². The number of likely N-dealkylation sites (N-methyl/N-ethyl adjacent to an activating group) is 1. The second-order valence-electron chi connectivity index (χ2n) is 13.3. The number of nitrogens with zero attached hydrogens (tertiary/aromatic N) is 3. The van der Waals surface area contributed by atoms with Crippen molar-refractivity contribution in [2.45, 2.75) is 71.6 Å². The molecule has 0 unspecified atom stereocenters. The number of allylic oxidation sites excluding steroid dienone is 7. The van der Waals surface area contributed by atoms with Crippen LogP contribution >= 0.6 is 0 Å². The molecule has 6 heteroatoms. The van der Waals surface area contributed by atoms with E-state index in [-0.39, 0.29) is 21.4 Å². The lowest BCUT2D eigenvalue weighted by atomic mass is 9.81. The summed E-state index contributed by atoms with van der Waals surface area (Å²) >= 11 is 0. The summed E-state index contributed by atoms with van der Waals surface area (Å²) in [7, 11) is 0. The minimum atomic E-state index is -0.381. The predicted octanol–water partition coefficient (Wildman–Crippen LogP) is 9.69. The molecule has 0 saturated heterocycles. The smallest absolute Gasteiger partial charge is 0.269 e. The van der Waals surface area contributed by atoms with Crippen LogP contribution in [0.1, 0.15) is 71.9 Å². The quantitative estimate of drug-likeness (QED) is 0.144. The van der Waals surface area contributed by atoms with Crippen molar-refractivity contribution < 1.29 is 14.2 Å². The minimum absolute atomic E-state index is 0.0485. The highest BCUT2D eigenvalue weighted by molar-refractivity contribution is 6.03. The second-order valence-corrected chi connectivity index (χ2v) is 13.3. The van der Waals surface area contributed by atoms with Crippen molar-refractivity contribution in [1.82, 2.24) is 0 Å². The molecule has 0 spiro atoms. The van der Waals surface area contributed by atoms with E-state index in [1.165, 1.54) is 46.0 Å². The molecular weight excluding hydrogens is 570 g/mol. The van der Waals surface area contributed by atoms with Crippen molar-refractivity contribution in [3.8, 4) is 5.75 Å². The molecule has 0 fully saturated rings. The first-order valence-electron chi connectivity index (χ1n) is 16.4. The van der Waals surface area contributed by atoms with Crippen LogP contribution in [0.15, 0.2) is 120 Å². The average molecular weight is 615 g/mol. The maximum absolute atomic E-state index is 11.3. The Bertz CT molecular complexity index is 1840. The number of fused-ring (bicyclic) bond motifs is 2. The molecular formula is C40H44N3O3+. The van der Waals surface area contributed by atoms with Crippen LogP contribution in [-0.4, -0.2) is 28.3 Å². The molecule has 2 aliphatic heterocycles. The SMILES string of the molecule is CCN1/C(=C/C=C2\CCCC(/C=C/C3=[N+](CC)c4ccccc4C3(C)C)=C2Oc2ccc([N+](=O)[O-])cc2)C(C)(C)c2ccccc21. The van der Waals surface area contributed by atoms with E-state index >= 15 is 0 Å². The molecule has 6 rings (SSSR count). The van der Waals surface area contributed by atoms with Crippen molar-refractivity contribution in [2.24, 2.45) is 0 Å².